The third-order valence-electron chi connectivity index (χ3n) is 6.50. The maximum Gasteiger partial charge on any atom is 0.433 e. The van der Waals surface area contributed by atoms with Crippen LogP contribution >= 0.6 is 0 Å². The lowest BCUT2D eigenvalue weighted by atomic mass is 9.69. The van der Waals surface area contributed by atoms with Gasteiger partial charge in [0.25, 0.3) is 0 Å². The normalized spacial score (nSPS) is 29.0. The Morgan fingerprint density at radius 1 is 0.963 bits per heavy atom. The summed E-state index contributed by atoms with van der Waals surface area (Å²) in [7, 11) is 0. The molecular weight excluding hydrogens is 347 g/mol. The monoisotopic (exact) mass is 377 g/mol. The Labute approximate surface area is 161 Å². The fourth-order valence-corrected chi connectivity index (χ4v) is 4.91. The SMILES string of the molecule is CCC[C@H]1CC[C@H](C2CCC(C#Cc3ccc(C(F)(F)F)nc3)CC2)CC1. The molecule has 27 heavy (non-hydrogen) atoms. The van der Waals surface area contributed by atoms with Gasteiger partial charge in [0.05, 0.1) is 0 Å². The van der Waals surface area contributed by atoms with Crippen LogP contribution in [-0.4, -0.2) is 4.98 Å². The number of pyridine rings is 1. The summed E-state index contributed by atoms with van der Waals surface area (Å²) < 4.78 is 37.6. The van der Waals surface area contributed by atoms with Gasteiger partial charge in [0.2, 0.25) is 0 Å². The molecule has 1 aromatic rings. The highest BCUT2D eigenvalue weighted by Crippen LogP contribution is 2.42. The lowest BCUT2D eigenvalue weighted by Crippen LogP contribution is -2.25. The van der Waals surface area contributed by atoms with Crippen LogP contribution in [0, 0.1) is 35.5 Å². The van der Waals surface area contributed by atoms with Crippen LogP contribution < -0.4 is 0 Å². The van der Waals surface area contributed by atoms with Crippen LogP contribution in [0.5, 0.6) is 0 Å². The van der Waals surface area contributed by atoms with Crippen molar-refractivity contribution in [2.45, 2.75) is 77.3 Å². The van der Waals surface area contributed by atoms with Crippen LogP contribution in [0.3, 0.4) is 0 Å². The van der Waals surface area contributed by atoms with Crippen molar-refractivity contribution in [3.05, 3.63) is 29.6 Å². The molecule has 0 radical (unpaired) electrons. The second-order valence-corrected chi connectivity index (χ2v) is 8.38. The van der Waals surface area contributed by atoms with Crippen molar-refractivity contribution in [3.63, 3.8) is 0 Å². The molecule has 0 spiro atoms. The highest BCUT2D eigenvalue weighted by Gasteiger charge is 2.32. The maximum absolute atomic E-state index is 12.5. The van der Waals surface area contributed by atoms with Gasteiger partial charge in [-0.1, -0.05) is 44.4 Å². The van der Waals surface area contributed by atoms with Gasteiger partial charge in [0, 0.05) is 17.7 Å². The number of hydrogen-bond acceptors (Lipinski definition) is 1. The number of halogens is 3. The second-order valence-electron chi connectivity index (χ2n) is 8.38. The van der Waals surface area contributed by atoms with E-state index in [1.54, 1.807) is 0 Å². The van der Waals surface area contributed by atoms with Crippen molar-refractivity contribution in [2.75, 3.05) is 0 Å². The number of nitrogens with zero attached hydrogens (tertiary/aromatic N) is 1. The second kappa shape index (κ2) is 9.13. The summed E-state index contributed by atoms with van der Waals surface area (Å²) >= 11 is 0. The highest BCUT2D eigenvalue weighted by atomic mass is 19.4. The zero-order chi connectivity index (χ0) is 19.3. The Morgan fingerprint density at radius 3 is 2.11 bits per heavy atom. The molecule has 3 rings (SSSR count). The van der Waals surface area contributed by atoms with E-state index in [0.717, 1.165) is 36.7 Å². The third-order valence-corrected chi connectivity index (χ3v) is 6.50. The van der Waals surface area contributed by atoms with Crippen molar-refractivity contribution in [3.8, 4) is 11.8 Å². The topological polar surface area (TPSA) is 12.9 Å². The van der Waals surface area contributed by atoms with E-state index in [9.17, 15) is 13.2 Å². The standard InChI is InChI=1S/C23H30F3N/c1-2-3-17-6-11-20(12-7-17)21-13-8-18(9-14-21)4-5-19-10-15-22(27-16-19)23(24,25)26/h10,15-18,20-21H,2-3,6-9,11-14H2,1H3/t17-,18?,20-,21?. The van der Waals surface area contributed by atoms with E-state index in [0.29, 0.717) is 11.5 Å². The van der Waals surface area contributed by atoms with Crippen molar-refractivity contribution in [1.29, 1.82) is 0 Å². The molecule has 2 aliphatic rings. The summed E-state index contributed by atoms with van der Waals surface area (Å²) in [5.41, 5.74) is -0.290. The average Bonchev–Trinajstić information content (AvgIpc) is 2.67. The molecule has 2 saturated carbocycles. The van der Waals surface area contributed by atoms with E-state index in [2.05, 4.69) is 23.7 Å². The highest BCUT2D eigenvalue weighted by molar-refractivity contribution is 5.33. The van der Waals surface area contributed by atoms with Gasteiger partial charge in [-0.15, -0.1) is 0 Å². The minimum absolute atomic E-state index is 0.375. The van der Waals surface area contributed by atoms with E-state index < -0.39 is 11.9 Å². The third kappa shape index (κ3) is 5.74. The fraction of sp³-hybridized carbons (Fsp3) is 0.696. The first-order valence-corrected chi connectivity index (χ1v) is 10.5. The van der Waals surface area contributed by atoms with E-state index in [1.807, 2.05) is 0 Å². The summed E-state index contributed by atoms with van der Waals surface area (Å²) in [6.07, 6.45) is 9.96. The van der Waals surface area contributed by atoms with Gasteiger partial charge in [0.1, 0.15) is 5.69 Å². The molecule has 1 heterocycles. The van der Waals surface area contributed by atoms with E-state index in [4.69, 9.17) is 0 Å². The smallest absolute Gasteiger partial charge is 0.250 e. The van der Waals surface area contributed by atoms with Crippen LogP contribution in [0.1, 0.15) is 82.4 Å². The van der Waals surface area contributed by atoms with Crippen molar-refractivity contribution >= 4 is 0 Å². The number of alkyl halides is 3. The van der Waals surface area contributed by atoms with Gasteiger partial charge in [-0.3, -0.25) is 4.98 Å². The van der Waals surface area contributed by atoms with Crippen LogP contribution in [0.15, 0.2) is 18.3 Å². The first-order chi connectivity index (χ1) is 13.0. The molecule has 0 unspecified atom stereocenters. The van der Waals surface area contributed by atoms with Crippen LogP contribution in [0.4, 0.5) is 13.2 Å². The fourth-order valence-electron chi connectivity index (χ4n) is 4.91. The molecule has 4 heteroatoms. The summed E-state index contributed by atoms with van der Waals surface area (Å²) in [6.45, 7) is 2.29. The average molecular weight is 377 g/mol. The van der Waals surface area contributed by atoms with Crippen molar-refractivity contribution in [2.24, 2.45) is 23.7 Å². The molecule has 0 bridgehead atoms. The molecule has 0 N–H and O–H groups in total. The molecule has 148 valence electrons. The van der Waals surface area contributed by atoms with Crippen molar-refractivity contribution < 1.29 is 13.2 Å². The lowest BCUT2D eigenvalue weighted by Gasteiger charge is -2.37. The van der Waals surface area contributed by atoms with E-state index in [-0.39, 0.29) is 0 Å². The Bertz CT molecular complexity index is 637. The Morgan fingerprint density at radius 2 is 1.59 bits per heavy atom. The lowest BCUT2D eigenvalue weighted by molar-refractivity contribution is -0.141. The molecule has 0 aliphatic heterocycles. The Hall–Kier alpha value is -1.50. The summed E-state index contributed by atoms with van der Waals surface area (Å²) in [4.78, 5) is 3.48. The largest absolute Gasteiger partial charge is 0.433 e. The first-order valence-electron chi connectivity index (χ1n) is 10.5. The summed E-state index contributed by atoms with van der Waals surface area (Å²) in [5, 5.41) is 0. The molecule has 0 atom stereocenters. The summed E-state index contributed by atoms with van der Waals surface area (Å²) in [5.74, 6) is 9.41. The van der Waals surface area contributed by atoms with Gasteiger partial charge in [-0.25, -0.2) is 0 Å². The van der Waals surface area contributed by atoms with Gasteiger partial charge in [-0.2, -0.15) is 13.2 Å². The first kappa shape index (κ1) is 20.2. The molecule has 0 amide bonds. The zero-order valence-corrected chi connectivity index (χ0v) is 16.2. The van der Waals surface area contributed by atoms with Gasteiger partial charge in [0.15, 0.2) is 0 Å². The van der Waals surface area contributed by atoms with Gasteiger partial charge >= 0.3 is 6.18 Å². The predicted octanol–water partition coefficient (Wildman–Crippen LogP) is 6.86. The maximum atomic E-state index is 12.5. The van der Waals surface area contributed by atoms with Crippen molar-refractivity contribution in [1.82, 2.24) is 4.98 Å². The van der Waals surface area contributed by atoms with E-state index in [1.165, 1.54) is 63.6 Å². The van der Waals surface area contributed by atoms with Gasteiger partial charge in [-0.05, 0) is 68.4 Å². The number of hydrogen-bond donors (Lipinski definition) is 0. The van der Waals surface area contributed by atoms with Crippen LogP contribution in [0.2, 0.25) is 0 Å². The van der Waals surface area contributed by atoms with Gasteiger partial charge < -0.3 is 0 Å². The van der Waals surface area contributed by atoms with E-state index >= 15 is 0 Å². The van der Waals surface area contributed by atoms with Crippen LogP contribution in [-0.2, 0) is 6.18 Å². The Kier molecular flexibility index (Phi) is 6.84. The molecule has 0 saturated heterocycles. The molecule has 1 aromatic heterocycles. The molecule has 2 fully saturated rings. The minimum Gasteiger partial charge on any atom is -0.250 e. The summed E-state index contributed by atoms with van der Waals surface area (Å²) in [6, 6.07) is 2.43. The molecule has 0 aromatic carbocycles. The minimum atomic E-state index is -4.39. The number of aromatic nitrogens is 1. The zero-order valence-electron chi connectivity index (χ0n) is 16.2. The molecular formula is C23H30F3N. The van der Waals surface area contributed by atoms with Crippen LogP contribution in [0.25, 0.3) is 0 Å². The molecule has 1 nitrogen and oxygen atoms in total. The molecule has 2 aliphatic carbocycles. The Balaban J connectivity index is 1.46. The quantitative estimate of drug-likeness (QED) is 0.524. The number of rotatable bonds is 3. The predicted molar refractivity (Wildman–Crippen MR) is 102 cm³/mol.